The van der Waals surface area contributed by atoms with Gasteiger partial charge in [0.25, 0.3) is 0 Å². The number of ether oxygens (including phenoxy) is 1. The van der Waals surface area contributed by atoms with E-state index in [0.717, 1.165) is 35.9 Å². The Kier molecular flexibility index (Phi) is 4.04. The molecule has 1 aliphatic carbocycles. The highest BCUT2D eigenvalue weighted by molar-refractivity contribution is 5.67. The summed E-state index contributed by atoms with van der Waals surface area (Å²) in [5.74, 6) is 1.60. The highest BCUT2D eigenvalue weighted by atomic mass is 16.5. The van der Waals surface area contributed by atoms with Crippen LogP contribution in [0.15, 0.2) is 37.1 Å². The Morgan fingerprint density at radius 3 is 2.95 bits per heavy atom. The number of nitrogens with zero attached hydrogens (tertiary/aromatic N) is 3. The molecule has 0 radical (unpaired) electrons. The third kappa shape index (κ3) is 2.99. The molecule has 2 aromatic rings. The van der Waals surface area contributed by atoms with Gasteiger partial charge in [-0.05, 0) is 42.9 Å². The summed E-state index contributed by atoms with van der Waals surface area (Å²) in [6.45, 7) is 4.76. The van der Waals surface area contributed by atoms with Crippen molar-refractivity contribution in [3.05, 3.63) is 42.6 Å². The van der Waals surface area contributed by atoms with E-state index in [2.05, 4.69) is 29.0 Å². The molecule has 0 aliphatic heterocycles. The van der Waals surface area contributed by atoms with Crippen molar-refractivity contribution in [2.75, 3.05) is 7.11 Å². The van der Waals surface area contributed by atoms with Crippen molar-refractivity contribution in [3.8, 4) is 17.0 Å². The summed E-state index contributed by atoms with van der Waals surface area (Å²) in [6, 6.07) is 6.15. The van der Waals surface area contributed by atoms with E-state index in [0.29, 0.717) is 0 Å². The summed E-state index contributed by atoms with van der Waals surface area (Å²) in [4.78, 5) is 0. The monoisotopic (exact) mass is 283 g/mol. The average Bonchev–Trinajstić information content (AvgIpc) is 2.92. The first-order valence-corrected chi connectivity index (χ1v) is 7.48. The van der Waals surface area contributed by atoms with E-state index < -0.39 is 0 Å². The summed E-state index contributed by atoms with van der Waals surface area (Å²) < 4.78 is 7.41. The minimum absolute atomic E-state index is 0.772. The van der Waals surface area contributed by atoms with E-state index in [1.165, 1.54) is 24.8 Å². The first-order valence-electron chi connectivity index (χ1n) is 7.48. The van der Waals surface area contributed by atoms with E-state index in [9.17, 15) is 0 Å². The van der Waals surface area contributed by atoms with Crippen molar-refractivity contribution in [2.24, 2.45) is 5.92 Å². The van der Waals surface area contributed by atoms with E-state index in [1.54, 1.807) is 7.11 Å². The van der Waals surface area contributed by atoms with Gasteiger partial charge in [-0.1, -0.05) is 23.8 Å². The van der Waals surface area contributed by atoms with Crippen molar-refractivity contribution >= 4 is 0 Å². The smallest absolute Gasteiger partial charge is 0.128 e. The number of allylic oxidation sites excluding steroid dienone is 1. The molecule has 0 atom stereocenters. The van der Waals surface area contributed by atoms with Crippen LogP contribution in [0.2, 0.25) is 0 Å². The van der Waals surface area contributed by atoms with Crippen LogP contribution in [0.25, 0.3) is 11.3 Å². The number of methoxy groups -OCH3 is 1. The SMILES string of the molecule is C=CCc1ccc(OC)c(-c2cn(CC3CCC3)nn2)c1. The molecular formula is C17H21N3O. The van der Waals surface area contributed by atoms with Crippen LogP contribution in [0.1, 0.15) is 24.8 Å². The Morgan fingerprint density at radius 1 is 1.43 bits per heavy atom. The van der Waals surface area contributed by atoms with Crippen molar-refractivity contribution in [2.45, 2.75) is 32.2 Å². The minimum atomic E-state index is 0.772. The Bertz CT molecular complexity index is 629. The Labute approximate surface area is 125 Å². The molecule has 1 heterocycles. The number of benzene rings is 1. The zero-order valence-electron chi connectivity index (χ0n) is 12.5. The maximum absolute atomic E-state index is 5.45. The zero-order chi connectivity index (χ0) is 14.7. The third-order valence-corrected chi connectivity index (χ3v) is 4.13. The highest BCUT2D eigenvalue weighted by Crippen LogP contribution is 2.31. The molecule has 0 amide bonds. The number of hydrogen-bond acceptors (Lipinski definition) is 3. The predicted molar refractivity (Wildman–Crippen MR) is 83.3 cm³/mol. The molecule has 0 unspecified atom stereocenters. The second-order valence-corrected chi connectivity index (χ2v) is 5.65. The Hall–Kier alpha value is -2.10. The molecule has 0 spiro atoms. The normalized spacial score (nSPS) is 14.7. The van der Waals surface area contributed by atoms with Gasteiger partial charge in [0.05, 0.1) is 13.3 Å². The fourth-order valence-corrected chi connectivity index (χ4v) is 2.70. The van der Waals surface area contributed by atoms with E-state index >= 15 is 0 Å². The van der Waals surface area contributed by atoms with Gasteiger partial charge >= 0.3 is 0 Å². The number of hydrogen-bond donors (Lipinski definition) is 0. The molecule has 0 bridgehead atoms. The van der Waals surface area contributed by atoms with E-state index in [-0.39, 0.29) is 0 Å². The average molecular weight is 283 g/mol. The standard InChI is InChI=1S/C17H21N3O/c1-3-5-13-8-9-17(21-2)15(10-13)16-12-20(19-18-16)11-14-6-4-7-14/h3,8-10,12,14H,1,4-7,11H2,2H3. The van der Waals surface area contributed by atoms with Crippen molar-refractivity contribution in [3.63, 3.8) is 0 Å². The zero-order valence-corrected chi connectivity index (χ0v) is 12.5. The fourth-order valence-electron chi connectivity index (χ4n) is 2.70. The number of rotatable bonds is 6. The van der Waals surface area contributed by atoms with Crippen molar-refractivity contribution in [1.29, 1.82) is 0 Å². The summed E-state index contributed by atoms with van der Waals surface area (Å²) in [7, 11) is 1.69. The maximum Gasteiger partial charge on any atom is 0.128 e. The van der Waals surface area contributed by atoms with E-state index in [4.69, 9.17) is 4.74 Å². The molecule has 1 saturated carbocycles. The molecule has 110 valence electrons. The second kappa shape index (κ2) is 6.12. The highest BCUT2D eigenvalue weighted by Gasteiger charge is 2.19. The largest absolute Gasteiger partial charge is 0.496 e. The summed E-state index contributed by atoms with van der Waals surface area (Å²) in [5, 5.41) is 8.57. The predicted octanol–water partition coefficient (Wildman–Crippen LogP) is 3.48. The van der Waals surface area contributed by atoms with Gasteiger partial charge in [-0.3, -0.25) is 4.68 Å². The first-order chi connectivity index (χ1) is 10.3. The summed E-state index contributed by atoms with van der Waals surface area (Å²) in [5.41, 5.74) is 3.07. The van der Waals surface area contributed by atoms with Gasteiger partial charge in [0.2, 0.25) is 0 Å². The molecule has 21 heavy (non-hydrogen) atoms. The van der Waals surface area contributed by atoms with Gasteiger partial charge in [0.1, 0.15) is 11.4 Å². The van der Waals surface area contributed by atoms with Crippen LogP contribution < -0.4 is 4.74 Å². The molecule has 0 saturated heterocycles. The van der Waals surface area contributed by atoms with Crippen LogP contribution in [0.3, 0.4) is 0 Å². The Morgan fingerprint density at radius 2 is 2.29 bits per heavy atom. The molecule has 1 fully saturated rings. The lowest BCUT2D eigenvalue weighted by atomic mass is 9.85. The first kappa shape index (κ1) is 13.9. The van der Waals surface area contributed by atoms with Crippen LogP contribution in [-0.2, 0) is 13.0 Å². The van der Waals surface area contributed by atoms with Crippen LogP contribution in [0, 0.1) is 5.92 Å². The molecule has 4 heteroatoms. The lowest BCUT2D eigenvalue weighted by Gasteiger charge is -2.24. The minimum Gasteiger partial charge on any atom is -0.496 e. The number of aromatic nitrogens is 3. The van der Waals surface area contributed by atoms with Crippen LogP contribution in [0.5, 0.6) is 5.75 Å². The molecular weight excluding hydrogens is 262 g/mol. The third-order valence-electron chi connectivity index (χ3n) is 4.13. The molecule has 4 nitrogen and oxygen atoms in total. The fraction of sp³-hybridized carbons (Fsp3) is 0.412. The van der Waals surface area contributed by atoms with Crippen molar-refractivity contribution < 1.29 is 4.74 Å². The van der Waals surface area contributed by atoms with E-state index in [1.807, 2.05) is 23.0 Å². The van der Waals surface area contributed by atoms with Crippen LogP contribution >= 0.6 is 0 Å². The van der Waals surface area contributed by atoms with Gasteiger partial charge in [-0.25, -0.2) is 0 Å². The molecule has 1 aromatic heterocycles. The summed E-state index contributed by atoms with van der Waals surface area (Å²) >= 11 is 0. The second-order valence-electron chi connectivity index (χ2n) is 5.65. The van der Waals surface area contributed by atoms with Crippen LogP contribution in [0.4, 0.5) is 0 Å². The lowest BCUT2D eigenvalue weighted by Crippen LogP contribution is -2.18. The van der Waals surface area contributed by atoms with Crippen LogP contribution in [-0.4, -0.2) is 22.1 Å². The topological polar surface area (TPSA) is 39.9 Å². The van der Waals surface area contributed by atoms with Gasteiger partial charge in [0, 0.05) is 12.1 Å². The van der Waals surface area contributed by atoms with Gasteiger partial charge < -0.3 is 4.74 Å². The lowest BCUT2D eigenvalue weighted by molar-refractivity contribution is 0.264. The summed E-state index contributed by atoms with van der Waals surface area (Å²) in [6.07, 6.45) is 8.74. The van der Waals surface area contributed by atoms with Gasteiger partial charge in [-0.15, -0.1) is 11.7 Å². The quantitative estimate of drug-likeness (QED) is 0.762. The molecule has 1 aliphatic rings. The van der Waals surface area contributed by atoms with Gasteiger partial charge in [0.15, 0.2) is 0 Å². The molecule has 0 N–H and O–H groups in total. The Balaban J connectivity index is 1.86. The maximum atomic E-state index is 5.45. The van der Waals surface area contributed by atoms with Crippen molar-refractivity contribution in [1.82, 2.24) is 15.0 Å². The molecule has 1 aromatic carbocycles. The van der Waals surface area contributed by atoms with Gasteiger partial charge in [-0.2, -0.15) is 0 Å². The molecule has 3 rings (SSSR count).